The molecular weight excluding hydrogens is 283 g/mol. The number of benzene rings is 1. The van der Waals surface area contributed by atoms with Gasteiger partial charge in [0.25, 0.3) is 5.91 Å². The summed E-state index contributed by atoms with van der Waals surface area (Å²) in [6.07, 6.45) is 0. The van der Waals surface area contributed by atoms with E-state index < -0.39 is 35.9 Å². The van der Waals surface area contributed by atoms with E-state index in [1.165, 1.54) is 12.1 Å². The Morgan fingerprint density at radius 3 is 2.57 bits per heavy atom. The van der Waals surface area contributed by atoms with E-state index >= 15 is 0 Å². The summed E-state index contributed by atoms with van der Waals surface area (Å²) in [5.74, 6) is -3.56. The molecule has 0 bridgehead atoms. The van der Waals surface area contributed by atoms with Gasteiger partial charge in [-0.1, -0.05) is 6.07 Å². The second kappa shape index (κ2) is 7.22. The maximum Gasteiger partial charge on any atom is 0.342 e. The second-order valence-electron chi connectivity index (χ2n) is 4.38. The van der Waals surface area contributed by atoms with Crippen LogP contribution in [-0.2, 0) is 4.79 Å². The van der Waals surface area contributed by atoms with Gasteiger partial charge >= 0.3 is 12.0 Å². The molecular formula is C13H15FN2O5. The van der Waals surface area contributed by atoms with Crippen molar-refractivity contribution in [3.8, 4) is 5.75 Å². The van der Waals surface area contributed by atoms with Crippen LogP contribution in [0.3, 0.4) is 0 Å². The quantitative estimate of drug-likeness (QED) is 0.756. The molecule has 0 saturated carbocycles. The molecule has 7 nitrogen and oxygen atoms in total. The fraction of sp³-hybridized carbons (Fsp3) is 0.308. The Morgan fingerprint density at radius 2 is 2.00 bits per heavy atom. The second-order valence-corrected chi connectivity index (χ2v) is 4.38. The molecule has 1 rings (SSSR count). The number of hydrogen-bond acceptors (Lipinski definition) is 4. The summed E-state index contributed by atoms with van der Waals surface area (Å²) in [7, 11) is 0. The number of hydrogen-bond donors (Lipinski definition) is 3. The molecule has 0 aliphatic heterocycles. The molecule has 1 aromatic carbocycles. The molecule has 114 valence electrons. The van der Waals surface area contributed by atoms with Crippen LogP contribution >= 0.6 is 0 Å². The summed E-state index contributed by atoms with van der Waals surface area (Å²) < 4.78 is 18.3. The van der Waals surface area contributed by atoms with E-state index in [9.17, 15) is 18.8 Å². The van der Waals surface area contributed by atoms with Gasteiger partial charge in [-0.15, -0.1) is 0 Å². The van der Waals surface area contributed by atoms with Crippen LogP contribution < -0.4 is 15.4 Å². The summed E-state index contributed by atoms with van der Waals surface area (Å²) in [4.78, 5) is 33.6. The van der Waals surface area contributed by atoms with E-state index in [0.717, 1.165) is 6.07 Å². The van der Waals surface area contributed by atoms with Crippen LogP contribution in [0.25, 0.3) is 0 Å². The minimum absolute atomic E-state index is 0.152. The van der Waals surface area contributed by atoms with Crippen molar-refractivity contribution in [2.45, 2.75) is 19.9 Å². The highest BCUT2D eigenvalue weighted by atomic mass is 19.1. The van der Waals surface area contributed by atoms with Gasteiger partial charge < -0.3 is 15.2 Å². The Labute approximate surface area is 120 Å². The monoisotopic (exact) mass is 298 g/mol. The average Bonchev–Trinajstić information content (AvgIpc) is 2.34. The zero-order chi connectivity index (χ0) is 16.0. The lowest BCUT2D eigenvalue weighted by Gasteiger charge is -2.11. The van der Waals surface area contributed by atoms with Gasteiger partial charge in [0.05, 0.1) is 0 Å². The fourth-order valence-corrected chi connectivity index (χ4v) is 1.44. The lowest BCUT2D eigenvalue weighted by Crippen LogP contribution is -2.44. The number of urea groups is 1. The summed E-state index contributed by atoms with van der Waals surface area (Å²) in [5.41, 5.74) is -0.670. The lowest BCUT2D eigenvalue weighted by atomic mass is 10.2. The Hall–Kier alpha value is -2.64. The van der Waals surface area contributed by atoms with E-state index in [-0.39, 0.29) is 11.8 Å². The normalized spacial score (nSPS) is 10.1. The molecule has 0 atom stereocenters. The predicted octanol–water partition coefficient (Wildman–Crippen LogP) is 1.14. The molecule has 0 heterocycles. The van der Waals surface area contributed by atoms with Gasteiger partial charge in [-0.2, -0.15) is 0 Å². The molecule has 0 fully saturated rings. The first-order valence-corrected chi connectivity index (χ1v) is 6.06. The molecule has 8 heteroatoms. The third-order valence-corrected chi connectivity index (χ3v) is 2.22. The zero-order valence-electron chi connectivity index (χ0n) is 11.5. The smallest absolute Gasteiger partial charge is 0.342 e. The highest BCUT2D eigenvalue weighted by Crippen LogP contribution is 2.21. The molecule has 0 aliphatic carbocycles. The van der Waals surface area contributed by atoms with Crippen molar-refractivity contribution in [2.75, 3.05) is 6.61 Å². The van der Waals surface area contributed by atoms with E-state index in [0.29, 0.717) is 0 Å². The number of amides is 3. The van der Waals surface area contributed by atoms with Crippen LogP contribution in [0.1, 0.15) is 24.2 Å². The van der Waals surface area contributed by atoms with Gasteiger partial charge in [0.2, 0.25) is 0 Å². The number of nitrogens with one attached hydrogen (secondary N) is 2. The molecule has 3 N–H and O–H groups in total. The van der Waals surface area contributed by atoms with E-state index in [1.807, 2.05) is 5.32 Å². The molecule has 21 heavy (non-hydrogen) atoms. The van der Waals surface area contributed by atoms with Gasteiger partial charge in [-0.3, -0.25) is 10.1 Å². The number of rotatable bonds is 5. The molecule has 0 aliphatic rings. The molecule has 1 aromatic rings. The SMILES string of the molecule is CC(C)NC(=O)NC(=O)COc1cccc(F)c1C(=O)O. The van der Waals surface area contributed by atoms with Crippen molar-refractivity contribution >= 4 is 17.9 Å². The van der Waals surface area contributed by atoms with Crippen molar-refractivity contribution in [3.05, 3.63) is 29.6 Å². The molecule has 0 unspecified atom stereocenters. The number of aromatic carboxylic acids is 1. The van der Waals surface area contributed by atoms with Crippen LogP contribution in [0, 0.1) is 5.82 Å². The largest absolute Gasteiger partial charge is 0.483 e. The Bertz CT molecular complexity index is 559. The lowest BCUT2D eigenvalue weighted by molar-refractivity contribution is -0.122. The van der Waals surface area contributed by atoms with E-state index in [4.69, 9.17) is 9.84 Å². The summed E-state index contributed by atoms with van der Waals surface area (Å²) in [6, 6.07) is 2.58. The number of carbonyl (C=O) groups is 3. The third-order valence-electron chi connectivity index (χ3n) is 2.22. The van der Waals surface area contributed by atoms with Crippen LogP contribution in [0.2, 0.25) is 0 Å². The number of ether oxygens (including phenoxy) is 1. The first kappa shape index (κ1) is 16.4. The first-order chi connectivity index (χ1) is 9.81. The maximum atomic E-state index is 13.4. The topological polar surface area (TPSA) is 105 Å². The fourth-order valence-electron chi connectivity index (χ4n) is 1.44. The molecule has 0 radical (unpaired) electrons. The van der Waals surface area contributed by atoms with Crippen molar-refractivity contribution in [1.29, 1.82) is 0 Å². The molecule has 0 saturated heterocycles. The number of carboxylic acids is 1. The number of carbonyl (C=O) groups excluding carboxylic acids is 2. The third kappa shape index (κ3) is 5.09. The van der Waals surface area contributed by atoms with Gasteiger partial charge in [0.1, 0.15) is 17.1 Å². The standard InChI is InChI=1S/C13H15FN2O5/c1-7(2)15-13(20)16-10(17)6-21-9-5-3-4-8(14)11(9)12(18)19/h3-5,7H,6H2,1-2H3,(H,18,19)(H2,15,16,17,20). The molecule has 0 spiro atoms. The van der Waals surface area contributed by atoms with Crippen LogP contribution in [-0.4, -0.2) is 35.7 Å². The predicted molar refractivity (Wildman–Crippen MR) is 70.7 cm³/mol. The molecule has 0 aromatic heterocycles. The maximum absolute atomic E-state index is 13.4. The molecule has 3 amide bonds. The van der Waals surface area contributed by atoms with Crippen LogP contribution in [0.15, 0.2) is 18.2 Å². The summed E-state index contributed by atoms with van der Waals surface area (Å²) in [6.45, 7) is 2.81. The Morgan fingerprint density at radius 1 is 1.33 bits per heavy atom. The van der Waals surface area contributed by atoms with E-state index in [2.05, 4.69) is 5.32 Å². The number of halogens is 1. The van der Waals surface area contributed by atoms with Gasteiger partial charge in [0, 0.05) is 6.04 Å². The summed E-state index contributed by atoms with van der Waals surface area (Å²) >= 11 is 0. The van der Waals surface area contributed by atoms with Gasteiger partial charge in [-0.25, -0.2) is 14.0 Å². The van der Waals surface area contributed by atoms with Crippen molar-refractivity contribution in [2.24, 2.45) is 0 Å². The Balaban J connectivity index is 2.64. The summed E-state index contributed by atoms with van der Waals surface area (Å²) in [5, 5.41) is 13.3. The van der Waals surface area contributed by atoms with Gasteiger partial charge in [0.15, 0.2) is 6.61 Å². The average molecular weight is 298 g/mol. The van der Waals surface area contributed by atoms with Crippen molar-refractivity contribution < 1.29 is 28.6 Å². The minimum atomic E-state index is -1.51. The number of imide groups is 1. The number of carboxylic acid groups (broad SMARTS) is 1. The zero-order valence-corrected chi connectivity index (χ0v) is 11.5. The minimum Gasteiger partial charge on any atom is -0.483 e. The van der Waals surface area contributed by atoms with Crippen molar-refractivity contribution in [3.63, 3.8) is 0 Å². The van der Waals surface area contributed by atoms with Gasteiger partial charge in [-0.05, 0) is 26.0 Å². The highest BCUT2D eigenvalue weighted by Gasteiger charge is 2.18. The van der Waals surface area contributed by atoms with Crippen LogP contribution in [0.5, 0.6) is 5.75 Å². The van der Waals surface area contributed by atoms with Crippen molar-refractivity contribution in [1.82, 2.24) is 10.6 Å². The first-order valence-electron chi connectivity index (χ1n) is 6.06. The highest BCUT2D eigenvalue weighted by molar-refractivity contribution is 5.95. The van der Waals surface area contributed by atoms with Crippen LogP contribution in [0.4, 0.5) is 9.18 Å². The van der Waals surface area contributed by atoms with E-state index in [1.54, 1.807) is 13.8 Å². The Kier molecular flexibility index (Phi) is 5.65.